The van der Waals surface area contributed by atoms with Crippen LogP contribution in [0.1, 0.15) is 101 Å². The molecule has 6 aliphatic rings. The smallest absolute Gasteiger partial charge is 0.446 e. The number of benzene rings is 2. The van der Waals surface area contributed by atoms with Gasteiger partial charge in [0.2, 0.25) is 47.3 Å². The maximum Gasteiger partial charge on any atom is 0.446 e. The summed E-state index contributed by atoms with van der Waals surface area (Å²) in [4.78, 5) is 116. The maximum absolute atomic E-state index is 14.7. The van der Waals surface area contributed by atoms with Crippen molar-refractivity contribution in [3.05, 3.63) is 65.4 Å². The quantitative estimate of drug-likeness (QED) is 0.0471. The van der Waals surface area contributed by atoms with Crippen molar-refractivity contribution in [1.82, 2.24) is 61.4 Å². The zero-order chi connectivity index (χ0) is 70.3. The van der Waals surface area contributed by atoms with E-state index in [0.717, 1.165) is 106 Å². The molecule has 98 heavy (non-hydrogen) atoms. The number of hydrogen-bond donors (Lipinski definition) is 14. The Hall–Kier alpha value is -7.64. The van der Waals surface area contributed by atoms with Crippen LogP contribution in [0, 0.1) is 17.8 Å². The number of phenols is 1. The molecule has 4 aliphatic heterocycles. The number of piperazine rings is 1. The highest BCUT2D eigenvalue weighted by molar-refractivity contribution is 7.81. The van der Waals surface area contributed by atoms with Gasteiger partial charge >= 0.3 is 10.4 Å². The number of aromatic nitrogens is 4. The van der Waals surface area contributed by atoms with E-state index in [1.54, 1.807) is 0 Å². The highest BCUT2D eigenvalue weighted by atomic mass is 32.3. The molecule has 4 aromatic rings. The molecule has 0 unspecified atom stereocenters. The van der Waals surface area contributed by atoms with Gasteiger partial charge < -0.3 is 86.9 Å². The molecule has 13 atom stereocenters. The number of phenolic OH excluding ortho intramolecular Hbond substituents is 1. The van der Waals surface area contributed by atoms with Gasteiger partial charge in [0.05, 0.1) is 49.1 Å². The Kier molecular flexibility index (Phi) is 24.0. The molecule has 4 saturated heterocycles. The predicted octanol–water partition coefficient (Wildman–Crippen LogP) is -2.18. The standard InChI is InChI=1S/C64H88N14O18S2/c1-33-30-78-54(55(33)86)59(90)67-29-42(80)23-44(66-26-35-7-10-39(11-8-35)60-73-74-61(97-60)40-14-12-38(13-15-40)41-27-68-64(69-28-41)76-19-17-75(18-20-76)31-36-5-3-4-6-36)56(87)70-51(34(2)79)62(91)77-32-43(81)24-45(77)57(88)71-52(58(89)72-53(63(78)92)48(84)25-50(65)85)47(83)21-37-9-16-46(82)49(22-37)96-98(93,94)95/h9,12-16,22,27-28,33-36,39,42-45,47-48,51-55,66,79-84,86H,3-8,10-11,17-21,23-26,29-32H2,1-2H3,(H2,65,85)(H,67,90)(H,70,87)(H,71,88)(H,72,89)(H,93,94,95)/t33-,34+,35-,39-,42+,43+,44-,45-,47+,48+,51-,52-,53-,54-,55-/m0/s1. The second kappa shape index (κ2) is 32.1. The number of primary amides is 1. The van der Waals surface area contributed by atoms with Gasteiger partial charge in [-0.25, -0.2) is 9.97 Å². The van der Waals surface area contributed by atoms with Crippen molar-refractivity contribution in [1.29, 1.82) is 0 Å². The third-order valence-corrected chi connectivity index (χ3v) is 21.1. The van der Waals surface area contributed by atoms with Crippen LogP contribution in [0.3, 0.4) is 0 Å². The van der Waals surface area contributed by atoms with Gasteiger partial charge in [-0.3, -0.25) is 43.0 Å². The van der Waals surface area contributed by atoms with E-state index in [4.69, 9.17) is 15.7 Å². The number of hydrogen-bond acceptors (Lipinski definition) is 25. The Balaban J connectivity index is 0.830. The van der Waals surface area contributed by atoms with Crippen LogP contribution in [0.5, 0.6) is 11.5 Å². The van der Waals surface area contributed by atoms with Crippen LogP contribution < -0.4 is 41.4 Å². The van der Waals surface area contributed by atoms with Crippen molar-refractivity contribution in [3.8, 4) is 33.2 Å². The van der Waals surface area contributed by atoms with Crippen molar-refractivity contribution in [3.63, 3.8) is 0 Å². The van der Waals surface area contributed by atoms with Crippen LogP contribution >= 0.6 is 11.3 Å². The number of nitrogens with one attached hydrogen (secondary N) is 5. The summed E-state index contributed by atoms with van der Waals surface area (Å²) >= 11 is 1.52. The van der Waals surface area contributed by atoms with Crippen molar-refractivity contribution >= 4 is 69.0 Å². The Bertz CT molecular complexity index is 3590. The topological polar surface area (TPSA) is 475 Å². The molecule has 15 N–H and O–H groups in total. The fourth-order valence-corrected chi connectivity index (χ4v) is 15.5. The minimum atomic E-state index is -5.22. The highest BCUT2D eigenvalue weighted by Gasteiger charge is 2.50. The maximum atomic E-state index is 14.7. The zero-order valence-corrected chi connectivity index (χ0v) is 56.0. The number of aromatic hydroxyl groups is 1. The average Bonchev–Trinajstić information content (AvgIpc) is 1.63. The van der Waals surface area contributed by atoms with Crippen LogP contribution in [0.15, 0.2) is 54.9 Å². The van der Waals surface area contributed by atoms with Crippen LogP contribution in [0.4, 0.5) is 5.95 Å². The number of β-amino-alcohol motifs (C(OH)–C–C–N with tert-alkyl or cyclic N) is 1. The summed E-state index contributed by atoms with van der Waals surface area (Å²) in [5, 5.41) is 102. The van der Waals surface area contributed by atoms with Gasteiger partial charge in [-0.15, -0.1) is 10.2 Å². The molecule has 0 radical (unpaired) electrons. The van der Waals surface area contributed by atoms with E-state index in [2.05, 4.69) is 50.8 Å². The fourth-order valence-electron chi connectivity index (χ4n) is 14.1. The molecule has 2 aromatic heterocycles. The molecule has 6 heterocycles. The van der Waals surface area contributed by atoms with Gasteiger partial charge in [0.1, 0.15) is 40.2 Å². The number of nitrogens with two attached hydrogens (primary N) is 1. The van der Waals surface area contributed by atoms with Crippen molar-refractivity contribution in [2.24, 2.45) is 23.5 Å². The summed E-state index contributed by atoms with van der Waals surface area (Å²) in [6.45, 7) is 6.36. The first-order chi connectivity index (χ1) is 46.7. The SMILES string of the molecule is C[C@@H](O)[C@@H]1NC(=O)[C@@H](NC[C@H]2CC[C@H](c3nnc(-c4ccc(-c5cnc(N6CCN(CC7CCCC7)CC6)nc5)cc4)s3)CC2)C[C@@H](O)CNC(=O)[C@@H]2[C@@H](O)[C@@H](C)CN2C(=O)[C@H]([C@H](O)CC(N)=O)NC(=O)[C@H]([C@H](O)Cc2ccc(O)c(OS(=O)(=O)O)c2)NC(=O)[C@@H]2C[C@@H](O)CN2C1=O. The Morgan fingerprint density at radius 2 is 1.40 bits per heavy atom. The van der Waals surface area contributed by atoms with Crippen LogP contribution in [0.2, 0.25) is 0 Å². The Morgan fingerprint density at radius 3 is 2.06 bits per heavy atom. The number of carbonyl (C=O) groups excluding carboxylic acids is 7. The lowest BCUT2D eigenvalue weighted by atomic mass is 9.82. The number of amides is 7. The molecular formula is C64H88N14O18S2. The molecule has 32 nitrogen and oxygen atoms in total. The number of aliphatic hydroxyl groups is 6. The van der Waals surface area contributed by atoms with Gasteiger partial charge in [0.15, 0.2) is 11.5 Å². The van der Waals surface area contributed by atoms with Gasteiger partial charge in [0.25, 0.3) is 0 Å². The summed E-state index contributed by atoms with van der Waals surface area (Å²) in [5.74, 6) is -9.01. The first-order valence-electron chi connectivity index (χ1n) is 33.3. The fraction of sp³-hybridized carbons (Fsp3) is 0.609. The average molecular weight is 1410 g/mol. The largest absolute Gasteiger partial charge is 0.504 e. The first-order valence-corrected chi connectivity index (χ1v) is 35.5. The molecular weight excluding hydrogens is 1320 g/mol. The monoisotopic (exact) mass is 1400 g/mol. The number of carbonyl (C=O) groups is 7. The Morgan fingerprint density at radius 1 is 0.745 bits per heavy atom. The number of anilines is 1. The van der Waals surface area contributed by atoms with E-state index in [0.29, 0.717) is 12.8 Å². The Labute approximate surface area is 570 Å². The van der Waals surface area contributed by atoms with Crippen LogP contribution in [-0.4, -0.2) is 257 Å². The van der Waals surface area contributed by atoms with Crippen LogP contribution in [0.25, 0.3) is 21.7 Å². The van der Waals surface area contributed by atoms with E-state index in [1.165, 1.54) is 57.4 Å². The number of aliphatic hydroxyl groups excluding tert-OH is 6. The summed E-state index contributed by atoms with van der Waals surface area (Å²) in [6, 6.07) is -0.196. The number of nitrogens with zero attached hydrogens (tertiary/aromatic N) is 8. The molecule has 10 rings (SSSR count). The second-order valence-corrected chi connectivity index (χ2v) is 28.9. The molecule has 2 aromatic carbocycles. The van der Waals surface area contributed by atoms with E-state index in [-0.39, 0.29) is 30.5 Å². The molecule has 2 aliphatic carbocycles. The molecule has 0 bridgehead atoms. The molecule has 34 heteroatoms. The number of fused-ring (bicyclic) bond motifs is 2. The summed E-state index contributed by atoms with van der Waals surface area (Å²) in [5.41, 5.74) is 8.08. The third-order valence-electron chi connectivity index (χ3n) is 19.6. The van der Waals surface area contributed by atoms with E-state index < -0.39 is 181 Å². The van der Waals surface area contributed by atoms with E-state index in [1.807, 2.05) is 36.7 Å². The molecule has 534 valence electrons. The minimum Gasteiger partial charge on any atom is -0.504 e. The van der Waals surface area contributed by atoms with Crippen molar-refractivity contribution in [2.75, 3.05) is 63.8 Å². The van der Waals surface area contributed by atoms with Crippen LogP contribution in [-0.2, 0) is 50.4 Å². The third kappa shape index (κ3) is 18.2. The summed E-state index contributed by atoms with van der Waals surface area (Å²) < 4.78 is 36.9. The first kappa shape index (κ1) is 73.1. The summed E-state index contributed by atoms with van der Waals surface area (Å²) in [6.07, 6.45) is -1.32. The number of rotatable bonds is 18. The molecule has 7 amide bonds. The van der Waals surface area contributed by atoms with Crippen molar-refractivity contribution in [2.45, 2.75) is 170 Å². The molecule has 0 spiro atoms. The van der Waals surface area contributed by atoms with Gasteiger partial charge in [-0.05, 0) is 93.5 Å². The predicted molar refractivity (Wildman–Crippen MR) is 351 cm³/mol. The zero-order valence-electron chi connectivity index (χ0n) is 54.4. The highest BCUT2D eigenvalue weighted by Crippen LogP contribution is 2.39. The molecule has 6 fully saturated rings. The van der Waals surface area contributed by atoms with E-state index >= 15 is 0 Å². The lowest BCUT2D eigenvalue weighted by Gasteiger charge is -2.35. The van der Waals surface area contributed by atoms with Gasteiger partial charge in [0, 0.05) is 101 Å². The van der Waals surface area contributed by atoms with Gasteiger partial charge in [-0.1, -0.05) is 61.4 Å². The normalized spacial score (nSPS) is 28.8. The lowest BCUT2D eigenvalue weighted by molar-refractivity contribution is -0.147. The van der Waals surface area contributed by atoms with E-state index in [9.17, 15) is 82.3 Å². The lowest BCUT2D eigenvalue weighted by Crippen LogP contribution is -2.64. The van der Waals surface area contributed by atoms with Gasteiger partial charge in [-0.2, -0.15) is 8.42 Å². The molecule has 2 saturated carbocycles. The van der Waals surface area contributed by atoms with Crippen molar-refractivity contribution < 1.29 is 86.5 Å². The second-order valence-electron chi connectivity index (χ2n) is 26.9. The minimum absolute atomic E-state index is 0.0175. The summed E-state index contributed by atoms with van der Waals surface area (Å²) in [7, 11) is -5.22.